The van der Waals surface area contributed by atoms with Crippen molar-refractivity contribution >= 4 is 22.0 Å². The van der Waals surface area contributed by atoms with E-state index in [4.69, 9.17) is 0 Å². The molecule has 0 fully saturated rings. The molecule has 7 heteroatoms. The minimum absolute atomic E-state index is 0.187. The van der Waals surface area contributed by atoms with E-state index < -0.39 is 23.8 Å². The summed E-state index contributed by atoms with van der Waals surface area (Å²) in [7, 11) is 0. The van der Waals surface area contributed by atoms with Gasteiger partial charge in [0.1, 0.15) is 0 Å². The lowest BCUT2D eigenvalue weighted by atomic mass is 9.94. The maximum Gasteiger partial charge on any atom is 0.432 e. The van der Waals surface area contributed by atoms with Gasteiger partial charge in [0.05, 0.1) is 0 Å². The molecule has 1 aromatic carbocycles. The molecule has 106 valence electrons. The van der Waals surface area contributed by atoms with Gasteiger partial charge in [-0.3, -0.25) is 0 Å². The molecule has 0 aromatic heterocycles. The Morgan fingerprint density at radius 3 is 2.16 bits per heavy atom. The summed E-state index contributed by atoms with van der Waals surface area (Å²) in [5, 5.41) is 0. The Morgan fingerprint density at radius 1 is 1.16 bits per heavy atom. The van der Waals surface area contributed by atoms with Crippen LogP contribution in [0.15, 0.2) is 28.7 Å². The van der Waals surface area contributed by atoms with Crippen LogP contribution < -0.4 is 0 Å². The van der Waals surface area contributed by atoms with Crippen molar-refractivity contribution in [2.75, 3.05) is 0 Å². The molecule has 0 amide bonds. The lowest BCUT2D eigenvalue weighted by molar-refractivity contribution is -0.274. The third kappa shape index (κ3) is 2.96. The fourth-order valence-corrected chi connectivity index (χ4v) is 1.87. The van der Waals surface area contributed by atoms with Crippen molar-refractivity contribution in [1.29, 1.82) is 0 Å². The van der Waals surface area contributed by atoms with Crippen LogP contribution in [0.25, 0.3) is 6.08 Å². The van der Waals surface area contributed by atoms with Crippen molar-refractivity contribution in [1.82, 2.24) is 0 Å². The molecule has 0 N–H and O–H groups in total. The van der Waals surface area contributed by atoms with Crippen LogP contribution in [0.2, 0.25) is 0 Å². The second-order valence-corrected chi connectivity index (χ2v) is 4.60. The molecular formula is C12H9BrF6. The predicted octanol–water partition coefficient (Wildman–Crippen LogP) is 5.47. The molecule has 1 unspecified atom stereocenters. The molecule has 19 heavy (non-hydrogen) atoms. The normalized spacial score (nSPS) is 16.1. The van der Waals surface area contributed by atoms with Crippen LogP contribution >= 0.6 is 15.9 Å². The van der Waals surface area contributed by atoms with Crippen molar-refractivity contribution < 1.29 is 26.3 Å². The topological polar surface area (TPSA) is 0 Å². The Labute approximate surface area is 114 Å². The molecule has 0 spiro atoms. The van der Waals surface area contributed by atoms with Crippen LogP contribution in [-0.2, 0) is 5.67 Å². The van der Waals surface area contributed by atoms with E-state index in [1.54, 1.807) is 6.92 Å². The summed E-state index contributed by atoms with van der Waals surface area (Å²) in [6, 6.07) is 2.55. The number of alkyl halides is 6. The summed E-state index contributed by atoms with van der Waals surface area (Å²) >= 11 is 3.04. The molecule has 1 aromatic rings. The Kier molecular flexibility index (Phi) is 4.71. The number of halogens is 7. The molecule has 0 aliphatic heterocycles. The first-order chi connectivity index (χ1) is 8.64. The van der Waals surface area contributed by atoms with Gasteiger partial charge in [-0.25, -0.2) is 13.2 Å². The summed E-state index contributed by atoms with van der Waals surface area (Å²) < 4.78 is 77.0. The monoisotopic (exact) mass is 346 g/mol. The highest BCUT2D eigenvalue weighted by Gasteiger charge is 2.64. The van der Waals surface area contributed by atoms with E-state index in [2.05, 4.69) is 15.9 Å². The fourth-order valence-electron chi connectivity index (χ4n) is 1.49. The molecule has 0 saturated heterocycles. The number of benzene rings is 1. The van der Waals surface area contributed by atoms with E-state index in [0.717, 1.165) is 12.1 Å². The first-order valence-electron chi connectivity index (χ1n) is 5.11. The molecule has 0 aliphatic carbocycles. The number of hydrogen-bond acceptors (Lipinski definition) is 0. The fraction of sp³-hybridized carbons (Fsp3) is 0.333. The Bertz CT molecular complexity index is 480. The van der Waals surface area contributed by atoms with Gasteiger partial charge in [0.25, 0.3) is 12.1 Å². The van der Waals surface area contributed by atoms with Crippen molar-refractivity contribution in [2.45, 2.75) is 25.2 Å². The van der Waals surface area contributed by atoms with Gasteiger partial charge in [0.2, 0.25) is 0 Å². The number of hydrogen-bond donors (Lipinski definition) is 0. The molecule has 0 nitrogen and oxygen atoms in total. The lowest BCUT2D eigenvalue weighted by Gasteiger charge is -2.27. The summed E-state index contributed by atoms with van der Waals surface area (Å²) in [5.41, 5.74) is -5.61. The van der Waals surface area contributed by atoms with Crippen LogP contribution in [0, 0.1) is 0 Å². The largest absolute Gasteiger partial charge is 0.432 e. The van der Waals surface area contributed by atoms with E-state index in [9.17, 15) is 26.3 Å². The van der Waals surface area contributed by atoms with E-state index in [1.807, 2.05) is 0 Å². The Hall–Kier alpha value is -0.980. The predicted molar refractivity (Wildman–Crippen MR) is 63.7 cm³/mol. The molecule has 1 rings (SSSR count). The summed E-state index contributed by atoms with van der Waals surface area (Å²) in [6.07, 6.45) is -7.01. The molecule has 0 bridgehead atoms. The molecule has 1 atom stereocenters. The highest BCUT2D eigenvalue weighted by atomic mass is 79.9. The average Bonchev–Trinajstić information content (AvgIpc) is 2.29. The van der Waals surface area contributed by atoms with Crippen LogP contribution in [0.1, 0.15) is 18.1 Å². The standard InChI is InChI=1S/C12H9BrF6/c1-2-3-7-6-8(4-5-9(7)13)11(16,10(14)15)12(17,18)19/h2-6,10H,1H3. The van der Waals surface area contributed by atoms with Gasteiger partial charge in [-0.15, -0.1) is 0 Å². The van der Waals surface area contributed by atoms with Crippen molar-refractivity contribution in [2.24, 2.45) is 0 Å². The van der Waals surface area contributed by atoms with Crippen LogP contribution in [0.4, 0.5) is 26.3 Å². The average molecular weight is 347 g/mol. The summed E-state index contributed by atoms with van der Waals surface area (Å²) in [4.78, 5) is 0. The van der Waals surface area contributed by atoms with Crippen molar-refractivity contribution in [3.8, 4) is 0 Å². The van der Waals surface area contributed by atoms with Gasteiger partial charge in [0.15, 0.2) is 0 Å². The maximum atomic E-state index is 13.8. The SMILES string of the molecule is CC=Cc1cc(C(F)(C(F)F)C(F)(F)F)ccc1Br. The third-order valence-electron chi connectivity index (χ3n) is 2.48. The number of rotatable bonds is 3. The second kappa shape index (κ2) is 5.56. The molecule has 0 heterocycles. The highest BCUT2D eigenvalue weighted by molar-refractivity contribution is 9.10. The number of allylic oxidation sites excluding steroid dienone is 1. The van der Waals surface area contributed by atoms with Gasteiger partial charge < -0.3 is 0 Å². The maximum absolute atomic E-state index is 13.8. The van der Waals surface area contributed by atoms with E-state index in [0.29, 0.717) is 10.5 Å². The zero-order valence-electron chi connectivity index (χ0n) is 9.61. The van der Waals surface area contributed by atoms with Crippen LogP contribution in [-0.4, -0.2) is 12.6 Å². The zero-order valence-corrected chi connectivity index (χ0v) is 11.2. The Morgan fingerprint density at radius 2 is 1.74 bits per heavy atom. The molecule has 0 radical (unpaired) electrons. The molecule has 0 saturated carbocycles. The van der Waals surface area contributed by atoms with E-state index in [1.165, 1.54) is 12.2 Å². The first-order valence-corrected chi connectivity index (χ1v) is 5.90. The highest BCUT2D eigenvalue weighted by Crippen LogP contribution is 2.47. The minimum Gasteiger partial charge on any atom is -0.222 e. The molecular weight excluding hydrogens is 338 g/mol. The first kappa shape index (κ1) is 16.1. The van der Waals surface area contributed by atoms with E-state index in [-0.39, 0.29) is 5.56 Å². The Balaban J connectivity index is 3.45. The van der Waals surface area contributed by atoms with Crippen molar-refractivity contribution in [3.05, 3.63) is 39.9 Å². The lowest BCUT2D eigenvalue weighted by Crippen LogP contribution is -2.44. The second-order valence-electron chi connectivity index (χ2n) is 3.75. The summed E-state index contributed by atoms with van der Waals surface area (Å²) in [5.74, 6) is 0. The minimum atomic E-state index is -5.69. The quantitative estimate of drug-likeness (QED) is 0.636. The van der Waals surface area contributed by atoms with Gasteiger partial charge in [-0.1, -0.05) is 34.1 Å². The van der Waals surface area contributed by atoms with Crippen LogP contribution in [0.3, 0.4) is 0 Å². The van der Waals surface area contributed by atoms with Gasteiger partial charge in [-0.05, 0) is 24.6 Å². The van der Waals surface area contributed by atoms with Gasteiger partial charge >= 0.3 is 6.18 Å². The zero-order chi connectivity index (χ0) is 14.8. The smallest absolute Gasteiger partial charge is 0.222 e. The molecule has 0 aliphatic rings. The van der Waals surface area contributed by atoms with Crippen LogP contribution in [0.5, 0.6) is 0 Å². The van der Waals surface area contributed by atoms with Gasteiger partial charge in [0, 0.05) is 10.0 Å². The van der Waals surface area contributed by atoms with Gasteiger partial charge in [-0.2, -0.15) is 13.2 Å². The third-order valence-corrected chi connectivity index (χ3v) is 3.20. The van der Waals surface area contributed by atoms with Crippen molar-refractivity contribution in [3.63, 3.8) is 0 Å². The summed E-state index contributed by atoms with van der Waals surface area (Å²) in [6.45, 7) is 1.60. The van der Waals surface area contributed by atoms with E-state index >= 15 is 0 Å².